The van der Waals surface area contributed by atoms with Crippen molar-refractivity contribution in [2.75, 3.05) is 64.2 Å². The molecule has 2 N–H and O–H groups in total. The summed E-state index contributed by atoms with van der Waals surface area (Å²) in [6.45, 7) is 13.5. The molecule has 4 aromatic rings. The number of nitrogens with one attached hydrogen (secondary N) is 2. The third-order valence-electron chi connectivity index (χ3n) is 8.41. The number of amides is 1. The van der Waals surface area contributed by atoms with E-state index in [4.69, 9.17) is 18.9 Å². The van der Waals surface area contributed by atoms with Gasteiger partial charge in [0.25, 0.3) is 0 Å². The molecule has 1 aliphatic heterocycles. The lowest BCUT2D eigenvalue weighted by molar-refractivity contribution is 0.0965. The number of methoxy groups -OCH3 is 2. The minimum atomic E-state index is -0.799. The van der Waals surface area contributed by atoms with Crippen molar-refractivity contribution >= 4 is 23.4 Å². The van der Waals surface area contributed by atoms with Gasteiger partial charge in [0.05, 0.1) is 25.6 Å². The van der Waals surface area contributed by atoms with Crippen LogP contribution in [0.3, 0.4) is 0 Å². The molecule has 1 amide bonds. The molecule has 1 aliphatic rings. The Hall–Kier alpha value is -4.94. The number of hydrogen-bond acceptors (Lipinski definition) is 10. The summed E-state index contributed by atoms with van der Waals surface area (Å²) < 4.78 is 37.2. The lowest BCUT2D eigenvalue weighted by atomic mass is 10.0. The van der Waals surface area contributed by atoms with Gasteiger partial charge in [0.1, 0.15) is 18.1 Å². The number of benzene rings is 3. The van der Waals surface area contributed by atoms with Crippen LogP contribution in [-0.2, 0) is 0 Å². The monoisotopic (exact) mass is 658 g/mol. The Morgan fingerprint density at radius 1 is 0.938 bits per heavy atom. The first kappa shape index (κ1) is 34.4. The molecule has 0 bridgehead atoms. The molecule has 12 heteroatoms. The van der Waals surface area contributed by atoms with E-state index < -0.39 is 11.9 Å². The number of aryl methyl sites for hydroxylation is 1. The number of nitrogens with zero attached hydrogens (tertiary/aromatic N) is 4. The maximum atomic E-state index is 15.2. The molecule has 1 aromatic heterocycles. The van der Waals surface area contributed by atoms with Crippen LogP contribution in [0.5, 0.6) is 23.1 Å². The molecular weight excluding hydrogens is 615 g/mol. The van der Waals surface area contributed by atoms with E-state index in [2.05, 4.69) is 44.2 Å². The second-order valence-corrected chi connectivity index (χ2v) is 11.8. The molecular formula is C36H43FN6O5. The second-order valence-electron chi connectivity index (χ2n) is 11.8. The first-order chi connectivity index (χ1) is 23.1. The highest BCUT2D eigenvalue weighted by molar-refractivity contribution is 5.88. The van der Waals surface area contributed by atoms with Crippen molar-refractivity contribution in [2.45, 2.75) is 33.7 Å². The molecule has 5 rings (SSSR count). The molecule has 2 heterocycles. The number of ether oxygens (including phenoxy) is 4. The predicted octanol–water partition coefficient (Wildman–Crippen LogP) is 6.68. The van der Waals surface area contributed by atoms with Crippen LogP contribution < -0.4 is 29.6 Å². The molecule has 0 spiro atoms. The largest absolute Gasteiger partial charge is 0.497 e. The SMILES string of the molecule is COc1ccc(OC)c(NC(=O)Oc2cc(-c3cccc(C)c3C)nc(Nc3ccc(OCCN4CCN(C(C)C)CC4)c(F)c3)n2)c1. The van der Waals surface area contributed by atoms with E-state index in [1.165, 1.54) is 20.3 Å². The standard InChI is InChI=1S/C36H43FN6O5/c1-23(2)43-16-14-42(15-17-43)18-19-47-32-12-10-26(20-29(32)37)38-35-39-30(28-9-7-8-24(3)25(28)4)22-34(41-35)48-36(44)40-31-21-27(45-5)11-13-33(31)46-6/h7-13,20-23H,14-19H2,1-6H3,(H,40,44)(H,38,39,41). The van der Waals surface area contributed by atoms with Gasteiger partial charge in [0, 0.05) is 68.2 Å². The van der Waals surface area contributed by atoms with E-state index in [0.29, 0.717) is 41.2 Å². The number of hydrogen-bond donors (Lipinski definition) is 2. The predicted molar refractivity (Wildman–Crippen MR) is 184 cm³/mol. The summed E-state index contributed by atoms with van der Waals surface area (Å²) in [7, 11) is 3.02. The van der Waals surface area contributed by atoms with E-state index in [0.717, 1.165) is 49.4 Å². The average Bonchev–Trinajstić information content (AvgIpc) is 3.07. The molecule has 254 valence electrons. The van der Waals surface area contributed by atoms with Crippen LogP contribution >= 0.6 is 0 Å². The van der Waals surface area contributed by atoms with Gasteiger partial charge in [0.15, 0.2) is 11.6 Å². The summed E-state index contributed by atoms with van der Waals surface area (Å²) in [6.07, 6.45) is -0.799. The topological polar surface area (TPSA) is 110 Å². The Balaban J connectivity index is 1.31. The number of carbonyl (C=O) groups excluding carboxylic acids is 1. The third-order valence-corrected chi connectivity index (χ3v) is 8.41. The Bertz CT molecular complexity index is 1730. The van der Waals surface area contributed by atoms with Crippen molar-refractivity contribution in [2.24, 2.45) is 0 Å². The zero-order chi connectivity index (χ0) is 34.2. The average molecular weight is 659 g/mol. The van der Waals surface area contributed by atoms with Crippen LogP contribution in [0.1, 0.15) is 25.0 Å². The van der Waals surface area contributed by atoms with Crippen LogP contribution in [0.4, 0.5) is 26.5 Å². The molecule has 0 saturated carbocycles. The smallest absolute Gasteiger partial charge is 0.418 e. The lowest BCUT2D eigenvalue weighted by Crippen LogP contribution is -2.49. The summed E-state index contributed by atoms with van der Waals surface area (Å²) >= 11 is 0. The van der Waals surface area contributed by atoms with Gasteiger partial charge >= 0.3 is 6.09 Å². The van der Waals surface area contributed by atoms with E-state index in [1.54, 1.807) is 36.4 Å². The summed E-state index contributed by atoms with van der Waals surface area (Å²) in [5.41, 5.74) is 4.19. The van der Waals surface area contributed by atoms with Crippen molar-refractivity contribution in [3.05, 3.63) is 77.6 Å². The quantitative estimate of drug-likeness (QED) is 0.171. The summed E-state index contributed by atoms with van der Waals surface area (Å²) in [5.74, 6) is 0.702. The zero-order valence-electron chi connectivity index (χ0n) is 28.3. The molecule has 3 aromatic carbocycles. The van der Waals surface area contributed by atoms with Crippen molar-refractivity contribution in [1.82, 2.24) is 19.8 Å². The molecule has 0 atom stereocenters. The highest BCUT2D eigenvalue weighted by Crippen LogP contribution is 2.31. The molecule has 0 unspecified atom stereocenters. The van der Waals surface area contributed by atoms with E-state index >= 15 is 4.39 Å². The van der Waals surface area contributed by atoms with Gasteiger partial charge in [0.2, 0.25) is 11.8 Å². The number of anilines is 3. The number of aromatic nitrogens is 2. The van der Waals surface area contributed by atoms with Gasteiger partial charge in [-0.2, -0.15) is 4.98 Å². The van der Waals surface area contributed by atoms with Crippen molar-refractivity contribution in [3.8, 4) is 34.4 Å². The van der Waals surface area contributed by atoms with Gasteiger partial charge in [-0.25, -0.2) is 14.2 Å². The fraction of sp³-hybridized carbons (Fsp3) is 0.361. The Morgan fingerprint density at radius 2 is 1.71 bits per heavy atom. The highest BCUT2D eigenvalue weighted by atomic mass is 19.1. The molecule has 1 fully saturated rings. The molecule has 0 aliphatic carbocycles. The Labute approximate surface area is 281 Å². The van der Waals surface area contributed by atoms with Gasteiger partial charge in [-0.15, -0.1) is 0 Å². The van der Waals surface area contributed by atoms with Gasteiger partial charge in [-0.1, -0.05) is 18.2 Å². The van der Waals surface area contributed by atoms with Crippen LogP contribution in [0.25, 0.3) is 11.3 Å². The number of rotatable bonds is 12. The molecule has 1 saturated heterocycles. The van der Waals surface area contributed by atoms with E-state index in [-0.39, 0.29) is 17.6 Å². The minimum Gasteiger partial charge on any atom is -0.497 e. The van der Waals surface area contributed by atoms with Crippen molar-refractivity contribution < 1.29 is 28.1 Å². The lowest BCUT2D eigenvalue weighted by Gasteiger charge is -2.36. The maximum absolute atomic E-state index is 15.2. The maximum Gasteiger partial charge on any atom is 0.418 e. The highest BCUT2D eigenvalue weighted by Gasteiger charge is 2.19. The fourth-order valence-electron chi connectivity index (χ4n) is 5.45. The summed E-state index contributed by atoms with van der Waals surface area (Å²) in [5, 5.41) is 5.73. The molecule has 0 radical (unpaired) electrons. The van der Waals surface area contributed by atoms with Gasteiger partial charge < -0.3 is 24.3 Å². The molecule has 48 heavy (non-hydrogen) atoms. The van der Waals surface area contributed by atoms with Gasteiger partial charge in [-0.05, 0) is 63.1 Å². The number of carbonyl (C=O) groups is 1. The molecule has 11 nitrogen and oxygen atoms in total. The van der Waals surface area contributed by atoms with E-state index in [1.807, 2.05) is 32.0 Å². The van der Waals surface area contributed by atoms with Crippen LogP contribution in [0.2, 0.25) is 0 Å². The fourth-order valence-corrected chi connectivity index (χ4v) is 5.45. The zero-order valence-corrected chi connectivity index (χ0v) is 28.3. The first-order valence-corrected chi connectivity index (χ1v) is 16.0. The third kappa shape index (κ3) is 8.69. The normalized spacial score (nSPS) is 13.7. The number of halogens is 1. The number of piperazine rings is 1. The van der Waals surface area contributed by atoms with Gasteiger partial charge in [-0.3, -0.25) is 15.1 Å². The second kappa shape index (κ2) is 15.8. The van der Waals surface area contributed by atoms with E-state index in [9.17, 15) is 4.79 Å². The minimum absolute atomic E-state index is 0.0163. The Morgan fingerprint density at radius 3 is 2.42 bits per heavy atom. The summed E-state index contributed by atoms with van der Waals surface area (Å²) in [4.78, 5) is 26.9. The van der Waals surface area contributed by atoms with Crippen molar-refractivity contribution in [1.29, 1.82) is 0 Å². The van der Waals surface area contributed by atoms with Crippen molar-refractivity contribution in [3.63, 3.8) is 0 Å². The van der Waals surface area contributed by atoms with Crippen LogP contribution in [0, 0.1) is 19.7 Å². The van der Waals surface area contributed by atoms with Crippen LogP contribution in [0.15, 0.2) is 60.7 Å². The summed E-state index contributed by atoms with van der Waals surface area (Å²) in [6, 6.07) is 17.6. The van der Waals surface area contributed by atoms with Crippen LogP contribution in [-0.4, -0.2) is 85.5 Å². The Kier molecular flexibility index (Phi) is 11.3. The first-order valence-electron chi connectivity index (χ1n) is 16.0.